The van der Waals surface area contributed by atoms with Gasteiger partial charge in [0.15, 0.2) is 0 Å². The Morgan fingerprint density at radius 2 is 2.28 bits per heavy atom. The van der Waals surface area contributed by atoms with Crippen LogP contribution in [0, 0.1) is 0 Å². The molecular weight excluding hydrogens is 236 g/mol. The van der Waals surface area contributed by atoms with E-state index >= 15 is 0 Å². The topological polar surface area (TPSA) is 67.9 Å². The Labute approximate surface area is 108 Å². The van der Waals surface area contributed by atoms with E-state index in [4.69, 9.17) is 4.74 Å². The maximum absolute atomic E-state index is 12.1. The molecule has 1 unspecified atom stereocenters. The number of methoxy groups -OCH3 is 1. The molecule has 6 nitrogen and oxygen atoms in total. The van der Waals surface area contributed by atoms with Crippen LogP contribution in [0.15, 0.2) is 0 Å². The molecule has 0 aliphatic carbocycles. The number of nitrogens with one attached hydrogen (secondary N) is 1. The Balaban J connectivity index is 2.44. The molecule has 1 aliphatic heterocycles. The molecule has 1 atom stereocenters. The fourth-order valence-corrected chi connectivity index (χ4v) is 1.87. The summed E-state index contributed by atoms with van der Waals surface area (Å²) in [6, 6.07) is 0.0447. The number of amides is 1. The summed E-state index contributed by atoms with van der Waals surface area (Å²) < 4.78 is 9.89. The van der Waals surface area contributed by atoms with Crippen LogP contribution in [0.1, 0.15) is 19.8 Å². The third-order valence-electron chi connectivity index (χ3n) is 2.81. The predicted molar refractivity (Wildman–Crippen MR) is 66.1 cm³/mol. The molecule has 0 spiro atoms. The number of hydrogen-bond acceptors (Lipinski definition) is 5. The lowest BCUT2D eigenvalue weighted by Gasteiger charge is -2.27. The molecule has 18 heavy (non-hydrogen) atoms. The van der Waals surface area contributed by atoms with Crippen LogP contribution in [-0.4, -0.2) is 62.8 Å². The van der Waals surface area contributed by atoms with Gasteiger partial charge in [-0.1, -0.05) is 6.92 Å². The van der Waals surface area contributed by atoms with Gasteiger partial charge in [-0.2, -0.15) is 0 Å². The van der Waals surface area contributed by atoms with E-state index in [1.54, 1.807) is 4.90 Å². The molecule has 0 aromatic rings. The van der Waals surface area contributed by atoms with Crippen LogP contribution in [0.25, 0.3) is 0 Å². The van der Waals surface area contributed by atoms with E-state index in [2.05, 4.69) is 10.1 Å². The first-order valence-electron chi connectivity index (χ1n) is 6.33. The molecule has 0 bridgehead atoms. The first-order chi connectivity index (χ1) is 8.67. The molecule has 1 aliphatic rings. The first-order valence-corrected chi connectivity index (χ1v) is 6.33. The largest absolute Gasteiger partial charge is 0.468 e. The summed E-state index contributed by atoms with van der Waals surface area (Å²) in [7, 11) is 1.33. The van der Waals surface area contributed by atoms with E-state index in [1.165, 1.54) is 7.11 Å². The van der Waals surface area contributed by atoms with Gasteiger partial charge in [0, 0.05) is 25.6 Å². The summed E-state index contributed by atoms with van der Waals surface area (Å²) in [6.45, 7) is 4.57. The van der Waals surface area contributed by atoms with Crippen LogP contribution in [-0.2, 0) is 19.1 Å². The highest BCUT2D eigenvalue weighted by atomic mass is 16.5. The van der Waals surface area contributed by atoms with Crippen LogP contribution in [0.2, 0.25) is 0 Å². The SMILES string of the molecule is CCCN(CC(=O)OC)C(=O)CC1COCCN1. The molecule has 0 aromatic heterocycles. The molecular formula is C12H22N2O4. The maximum atomic E-state index is 12.1. The van der Waals surface area contributed by atoms with Crippen LogP contribution in [0.3, 0.4) is 0 Å². The minimum Gasteiger partial charge on any atom is -0.468 e. The first kappa shape index (κ1) is 14.9. The van der Waals surface area contributed by atoms with Crippen LogP contribution >= 0.6 is 0 Å². The van der Waals surface area contributed by atoms with E-state index in [1.807, 2.05) is 6.92 Å². The molecule has 1 saturated heterocycles. The molecule has 6 heteroatoms. The van der Waals surface area contributed by atoms with Crippen molar-refractivity contribution in [2.45, 2.75) is 25.8 Å². The Hall–Kier alpha value is -1.14. The summed E-state index contributed by atoms with van der Waals surface area (Å²) in [6.07, 6.45) is 1.17. The van der Waals surface area contributed by atoms with Crippen molar-refractivity contribution in [3.05, 3.63) is 0 Å². The summed E-state index contributed by atoms with van der Waals surface area (Å²) in [4.78, 5) is 24.9. The van der Waals surface area contributed by atoms with E-state index in [0.717, 1.165) is 13.0 Å². The van der Waals surface area contributed by atoms with Gasteiger partial charge in [-0.25, -0.2) is 0 Å². The summed E-state index contributed by atoms with van der Waals surface area (Å²) >= 11 is 0. The number of ether oxygens (including phenoxy) is 2. The van der Waals surface area contributed by atoms with Crippen LogP contribution in [0.4, 0.5) is 0 Å². The van der Waals surface area contributed by atoms with Gasteiger partial charge in [-0.3, -0.25) is 9.59 Å². The molecule has 1 N–H and O–H groups in total. The second-order valence-corrected chi connectivity index (χ2v) is 4.32. The van der Waals surface area contributed by atoms with Crippen molar-refractivity contribution in [3.63, 3.8) is 0 Å². The molecule has 1 amide bonds. The number of rotatable bonds is 6. The van der Waals surface area contributed by atoms with E-state index in [9.17, 15) is 9.59 Å². The van der Waals surface area contributed by atoms with Crippen molar-refractivity contribution in [1.29, 1.82) is 0 Å². The van der Waals surface area contributed by atoms with Gasteiger partial charge in [0.1, 0.15) is 6.54 Å². The lowest BCUT2D eigenvalue weighted by atomic mass is 10.1. The van der Waals surface area contributed by atoms with Crippen LogP contribution < -0.4 is 5.32 Å². The Kier molecular flexibility index (Phi) is 6.67. The zero-order valence-electron chi connectivity index (χ0n) is 11.1. The average Bonchev–Trinajstić information content (AvgIpc) is 2.39. The molecule has 1 rings (SSSR count). The Morgan fingerprint density at radius 3 is 2.83 bits per heavy atom. The zero-order chi connectivity index (χ0) is 13.4. The van der Waals surface area contributed by atoms with Gasteiger partial charge in [0.2, 0.25) is 5.91 Å². The molecule has 1 heterocycles. The number of esters is 1. The standard InChI is InChI=1S/C12H22N2O4/c1-3-5-14(8-12(16)17-2)11(15)7-10-9-18-6-4-13-10/h10,13H,3-9H2,1-2H3. The molecule has 0 saturated carbocycles. The van der Waals surface area contributed by atoms with Crippen molar-refractivity contribution in [2.24, 2.45) is 0 Å². The quantitative estimate of drug-likeness (QED) is 0.667. The molecule has 104 valence electrons. The lowest BCUT2D eigenvalue weighted by Crippen LogP contribution is -2.46. The van der Waals surface area contributed by atoms with Gasteiger partial charge < -0.3 is 19.7 Å². The van der Waals surface area contributed by atoms with Crippen molar-refractivity contribution in [2.75, 3.05) is 40.0 Å². The number of nitrogens with zero attached hydrogens (tertiary/aromatic N) is 1. The maximum Gasteiger partial charge on any atom is 0.325 e. The average molecular weight is 258 g/mol. The second-order valence-electron chi connectivity index (χ2n) is 4.32. The van der Waals surface area contributed by atoms with Crippen molar-refractivity contribution in [1.82, 2.24) is 10.2 Å². The molecule has 0 aromatic carbocycles. The monoisotopic (exact) mass is 258 g/mol. The van der Waals surface area contributed by atoms with Crippen molar-refractivity contribution < 1.29 is 19.1 Å². The number of carbonyl (C=O) groups excluding carboxylic acids is 2. The van der Waals surface area contributed by atoms with Crippen LogP contribution in [0.5, 0.6) is 0 Å². The Morgan fingerprint density at radius 1 is 1.50 bits per heavy atom. The highest BCUT2D eigenvalue weighted by Gasteiger charge is 2.22. The lowest BCUT2D eigenvalue weighted by molar-refractivity contribution is -0.147. The summed E-state index contributed by atoms with van der Waals surface area (Å²) in [5, 5.41) is 3.23. The smallest absolute Gasteiger partial charge is 0.325 e. The Bertz CT molecular complexity index is 277. The highest BCUT2D eigenvalue weighted by molar-refractivity contribution is 5.82. The fraction of sp³-hybridized carbons (Fsp3) is 0.833. The minimum atomic E-state index is -0.385. The zero-order valence-corrected chi connectivity index (χ0v) is 11.1. The number of morpholine rings is 1. The van der Waals surface area contributed by atoms with Crippen molar-refractivity contribution in [3.8, 4) is 0 Å². The second kappa shape index (κ2) is 8.05. The van der Waals surface area contributed by atoms with Gasteiger partial charge in [0.25, 0.3) is 0 Å². The summed E-state index contributed by atoms with van der Waals surface area (Å²) in [5.74, 6) is -0.421. The van der Waals surface area contributed by atoms with E-state index in [-0.39, 0.29) is 24.5 Å². The minimum absolute atomic E-state index is 0.0246. The van der Waals surface area contributed by atoms with Gasteiger partial charge in [-0.15, -0.1) is 0 Å². The third-order valence-corrected chi connectivity index (χ3v) is 2.81. The van der Waals surface area contributed by atoms with Gasteiger partial charge in [0.05, 0.1) is 20.3 Å². The normalized spacial score (nSPS) is 19.3. The van der Waals surface area contributed by atoms with E-state index in [0.29, 0.717) is 26.2 Å². The van der Waals surface area contributed by atoms with Crippen molar-refractivity contribution >= 4 is 11.9 Å². The molecule has 1 fully saturated rings. The fourth-order valence-electron chi connectivity index (χ4n) is 1.87. The van der Waals surface area contributed by atoms with Gasteiger partial charge in [-0.05, 0) is 6.42 Å². The third kappa shape index (κ3) is 5.01. The highest BCUT2D eigenvalue weighted by Crippen LogP contribution is 2.04. The number of carbonyl (C=O) groups is 2. The van der Waals surface area contributed by atoms with Gasteiger partial charge >= 0.3 is 5.97 Å². The predicted octanol–water partition coefficient (Wildman–Crippen LogP) is -0.223. The summed E-state index contributed by atoms with van der Waals surface area (Å²) in [5.41, 5.74) is 0. The van der Waals surface area contributed by atoms with E-state index < -0.39 is 0 Å². The number of hydrogen-bond donors (Lipinski definition) is 1. The molecule has 0 radical (unpaired) electrons.